The largest absolute Gasteiger partial charge is 0.294 e. The van der Waals surface area contributed by atoms with Crippen LogP contribution in [0.5, 0.6) is 0 Å². The van der Waals surface area contributed by atoms with Crippen LogP contribution in [0.1, 0.15) is 0 Å². The molecule has 0 aliphatic rings. The van der Waals surface area contributed by atoms with E-state index in [0.29, 0.717) is 43.5 Å². The van der Waals surface area contributed by atoms with Crippen molar-refractivity contribution in [1.82, 2.24) is 18.8 Å². The molecule has 0 aliphatic heterocycles. The Bertz CT molecular complexity index is 3540. The van der Waals surface area contributed by atoms with Crippen molar-refractivity contribution >= 4 is 120 Å². The Morgan fingerprint density at radius 2 is 1.02 bits per heavy atom. The number of fused-ring (bicyclic) bond motifs is 10. The summed E-state index contributed by atoms with van der Waals surface area (Å²) in [5.74, 6) is 0. The van der Waals surface area contributed by atoms with Crippen LogP contribution in [0.3, 0.4) is 0 Å². The number of pyridine rings is 2. The molecule has 0 atom stereocenters. The molecule has 0 fully saturated rings. The van der Waals surface area contributed by atoms with E-state index in [1.165, 1.54) is 22.6 Å². The van der Waals surface area contributed by atoms with Crippen molar-refractivity contribution < 1.29 is 27.6 Å². The summed E-state index contributed by atoms with van der Waals surface area (Å²) in [4.78, 5) is 38.3. The van der Waals surface area contributed by atoms with Gasteiger partial charge in [0.1, 0.15) is 11.3 Å². The maximum absolute atomic E-state index is 14.2. The molecule has 0 spiro atoms. The third kappa shape index (κ3) is 3.36. The first-order valence-corrected chi connectivity index (χ1v) is 17.4. The van der Waals surface area contributed by atoms with Gasteiger partial charge in [0, 0.05) is 37.2 Å². The van der Waals surface area contributed by atoms with Gasteiger partial charge in [-0.15, -0.1) is 4.33 Å². The molecule has 50 heavy (non-hydrogen) atoms. The number of aromatic nitrogens is 4. The molecule has 240 valence electrons. The van der Waals surface area contributed by atoms with Gasteiger partial charge in [-0.3, -0.25) is 22.9 Å². The lowest BCUT2D eigenvalue weighted by Gasteiger charge is -2.18. The second-order valence-electron chi connectivity index (χ2n) is 12.3. The summed E-state index contributed by atoms with van der Waals surface area (Å²) in [6.07, 6.45) is 0. The van der Waals surface area contributed by atoms with E-state index in [1.807, 2.05) is 42.5 Å². The number of hydrogen-bond donors (Lipinski definition) is 2. The standard InChI is InChI=1S/C36H16N4O8S2/c41-35-23-9-5-19-18-4-8-22-32-24(36(42)40-28-14-16(50(44,45)46)2-12-26(28)38-34(22)40)10-6-20(30(18)32)17-3-7-21(31(23)29(17)19)33-37-25-11-1-15(49-48-47-43)13-27(25)39(33)35/h1-14,43H,(H,44,45,46). The van der Waals surface area contributed by atoms with Crippen molar-refractivity contribution in [3.63, 3.8) is 0 Å². The van der Waals surface area contributed by atoms with Gasteiger partial charge in [-0.25, -0.2) is 15.2 Å². The van der Waals surface area contributed by atoms with Crippen LogP contribution in [0.4, 0.5) is 0 Å². The second-order valence-corrected chi connectivity index (χ2v) is 14.5. The normalized spacial score (nSPS) is 13.2. The summed E-state index contributed by atoms with van der Waals surface area (Å²) in [5.41, 5.74) is 2.22. The molecule has 12 nitrogen and oxygen atoms in total. The molecular formula is C36H16N4O8S2. The number of nitrogens with zero attached hydrogens (tertiary/aromatic N) is 4. The van der Waals surface area contributed by atoms with E-state index in [-0.39, 0.29) is 21.5 Å². The average Bonchev–Trinajstić information content (AvgIpc) is 3.70. The molecule has 7 aromatic carbocycles. The minimum absolute atomic E-state index is 0.224. The third-order valence-corrected chi connectivity index (χ3v) is 11.4. The SMILES string of the molecule is O=c1c2ccc3c4ccc5c6c(ccc(c7ccc(c2c73)c2nc3ccc(SOOO)cc3n12)c46)c(=O)n1c2cc(S(=O)(=O)O)ccc2nc51. The molecule has 2 N–H and O–H groups in total. The van der Waals surface area contributed by atoms with Crippen LogP contribution in [0.2, 0.25) is 0 Å². The van der Waals surface area contributed by atoms with Gasteiger partial charge < -0.3 is 0 Å². The first-order valence-electron chi connectivity index (χ1n) is 15.2. The van der Waals surface area contributed by atoms with Crippen LogP contribution in [0.15, 0.2) is 104 Å². The molecule has 14 heteroatoms. The zero-order chi connectivity index (χ0) is 33.8. The molecule has 0 saturated carbocycles. The second kappa shape index (κ2) is 9.28. The molecule has 0 bridgehead atoms. The van der Waals surface area contributed by atoms with Gasteiger partial charge >= 0.3 is 0 Å². The van der Waals surface area contributed by atoms with Gasteiger partial charge in [0.05, 0.1) is 39.0 Å². The van der Waals surface area contributed by atoms with Crippen LogP contribution < -0.4 is 11.1 Å². The Balaban J connectivity index is 1.27. The molecule has 0 radical (unpaired) electrons. The quantitative estimate of drug-likeness (QED) is 0.0491. The van der Waals surface area contributed by atoms with Crippen LogP contribution >= 0.6 is 12.0 Å². The van der Waals surface area contributed by atoms with Crippen molar-refractivity contribution in [3.05, 3.63) is 106 Å². The minimum Gasteiger partial charge on any atom is -0.282 e. The number of rotatable bonds is 4. The van der Waals surface area contributed by atoms with Gasteiger partial charge in [0.25, 0.3) is 21.2 Å². The fraction of sp³-hybridized carbons (Fsp3) is 0. The van der Waals surface area contributed by atoms with Gasteiger partial charge in [-0.1, -0.05) is 29.3 Å². The molecule has 0 amide bonds. The van der Waals surface area contributed by atoms with Gasteiger partial charge in [0.2, 0.25) is 0 Å². The molecule has 0 saturated heterocycles. The highest BCUT2D eigenvalue weighted by molar-refractivity contribution is 7.94. The first kappa shape index (κ1) is 28.1. The number of benzene rings is 7. The molecule has 0 unspecified atom stereocenters. The fourth-order valence-corrected chi connectivity index (χ4v) is 8.90. The van der Waals surface area contributed by atoms with Gasteiger partial charge in [-0.05, 0) is 93.0 Å². The van der Waals surface area contributed by atoms with Crippen molar-refractivity contribution in [1.29, 1.82) is 0 Å². The smallest absolute Gasteiger partial charge is 0.282 e. The Morgan fingerprint density at radius 3 is 1.52 bits per heavy atom. The molecule has 11 aromatic rings. The van der Waals surface area contributed by atoms with Crippen LogP contribution in [0.25, 0.3) is 98.0 Å². The zero-order valence-corrected chi connectivity index (χ0v) is 26.7. The summed E-state index contributed by atoms with van der Waals surface area (Å²) in [6, 6.07) is 24.7. The highest BCUT2D eigenvalue weighted by Crippen LogP contribution is 2.46. The van der Waals surface area contributed by atoms with Crippen LogP contribution in [-0.4, -0.2) is 37.0 Å². The lowest BCUT2D eigenvalue weighted by molar-refractivity contribution is -0.432. The molecule has 0 aliphatic carbocycles. The van der Waals surface area contributed by atoms with E-state index in [9.17, 15) is 22.6 Å². The summed E-state index contributed by atoms with van der Waals surface area (Å²) in [5, 5.41) is 21.8. The van der Waals surface area contributed by atoms with Crippen molar-refractivity contribution in [2.24, 2.45) is 0 Å². The van der Waals surface area contributed by atoms with Crippen molar-refractivity contribution in [2.75, 3.05) is 0 Å². The van der Waals surface area contributed by atoms with E-state index in [2.05, 4.69) is 9.37 Å². The zero-order valence-electron chi connectivity index (χ0n) is 25.0. The predicted molar refractivity (Wildman–Crippen MR) is 191 cm³/mol. The van der Waals surface area contributed by atoms with E-state index < -0.39 is 10.1 Å². The van der Waals surface area contributed by atoms with Gasteiger partial charge in [-0.2, -0.15) is 8.42 Å². The van der Waals surface area contributed by atoms with Gasteiger partial charge in [0.15, 0.2) is 0 Å². The van der Waals surface area contributed by atoms with Crippen LogP contribution in [-0.2, 0) is 19.5 Å². The van der Waals surface area contributed by atoms with E-state index >= 15 is 0 Å². The highest BCUT2D eigenvalue weighted by Gasteiger charge is 2.24. The fourth-order valence-electron chi connectivity index (χ4n) is 8.01. The summed E-state index contributed by atoms with van der Waals surface area (Å²) < 4.78 is 41.1. The van der Waals surface area contributed by atoms with E-state index in [0.717, 1.165) is 65.9 Å². The maximum atomic E-state index is 14.2. The highest BCUT2D eigenvalue weighted by atomic mass is 32.2. The maximum Gasteiger partial charge on any atom is 0.294 e. The lowest BCUT2D eigenvalue weighted by Crippen LogP contribution is -2.14. The topological polar surface area (TPSA) is 162 Å². The minimum atomic E-state index is -4.50. The van der Waals surface area contributed by atoms with E-state index in [4.69, 9.17) is 15.2 Å². The summed E-state index contributed by atoms with van der Waals surface area (Å²) >= 11 is 0.801. The lowest BCUT2D eigenvalue weighted by atomic mass is 9.86. The predicted octanol–water partition coefficient (Wildman–Crippen LogP) is 6.92. The molecule has 4 heterocycles. The Labute approximate surface area is 281 Å². The molecular weight excluding hydrogens is 681 g/mol. The number of hydrogen-bond acceptors (Lipinski definition) is 10. The summed E-state index contributed by atoms with van der Waals surface area (Å²) in [6.45, 7) is 0. The Kier molecular flexibility index (Phi) is 5.22. The van der Waals surface area contributed by atoms with Crippen molar-refractivity contribution in [3.8, 4) is 0 Å². The third-order valence-electron chi connectivity index (χ3n) is 9.96. The van der Waals surface area contributed by atoms with E-state index in [1.54, 1.807) is 28.7 Å². The Hall–Kier alpha value is -5.74. The summed E-state index contributed by atoms with van der Waals surface area (Å²) in [7, 11) is -4.50. The molecule has 11 rings (SSSR count). The monoisotopic (exact) mass is 696 g/mol. The first-order chi connectivity index (χ1) is 24.2. The van der Waals surface area contributed by atoms with Crippen molar-refractivity contribution in [2.45, 2.75) is 9.79 Å². The average molecular weight is 697 g/mol. The van der Waals surface area contributed by atoms with Crippen LogP contribution in [0, 0.1) is 0 Å². The number of imidazole rings is 2. The Morgan fingerprint density at radius 1 is 0.580 bits per heavy atom. The molecule has 4 aromatic heterocycles.